The minimum atomic E-state index is -1.26. The molecule has 6 heteroatoms. The van der Waals surface area contributed by atoms with Crippen molar-refractivity contribution in [2.75, 3.05) is 6.61 Å². The molecule has 6 nitrogen and oxygen atoms in total. The lowest BCUT2D eigenvalue weighted by molar-refractivity contribution is -0.150. The number of rotatable bonds is 6. The summed E-state index contributed by atoms with van der Waals surface area (Å²) in [7, 11) is 0. The molecule has 0 aliphatic carbocycles. The van der Waals surface area contributed by atoms with Crippen LogP contribution in [-0.4, -0.2) is 30.1 Å². The van der Waals surface area contributed by atoms with Crippen molar-refractivity contribution in [3.63, 3.8) is 0 Å². The summed E-state index contributed by atoms with van der Waals surface area (Å²) in [4.78, 5) is 21.8. The Morgan fingerprint density at radius 1 is 1.75 bits per heavy atom. The van der Waals surface area contributed by atoms with Crippen molar-refractivity contribution in [3.8, 4) is 0 Å². The van der Waals surface area contributed by atoms with Crippen molar-refractivity contribution in [3.05, 3.63) is 24.2 Å². The summed E-state index contributed by atoms with van der Waals surface area (Å²) >= 11 is 0. The van der Waals surface area contributed by atoms with E-state index in [1.165, 1.54) is 12.3 Å². The van der Waals surface area contributed by atoms with Crippen molar-refractivity contribution in [2.45, 2.75) is 19.1 Å². The largest absolute Gasteiger partial charge is 0.466 e. The van der Waals surface area contributed by atoms with Gasteiger partial charge in [-0.25, -0.2) is 4.79 Å². The van der Waals surface area contributed by atoms with Gasteiger partial charge in [0.25, 0.3) is 0 Å². The zero-order valence-corrected chi connectivity index (χ0v) is 8.75. The zero-order chi connectivity index (χ0) is 12.0. The van der Waals surface area contributed by atoms with Crippen LogP contribution in [0.4, 0.5) is 0 Å². The molecule has 0 aliphatic rings. The Bertz CT molecular complexity index is 335. The molecule has 0 fully saturated rings. The molecule has 0 saturated carbocycles. The van der Waals surface area contributed by atoms with Crippen LogP contribution in [0.1, 0.15) is 18.8 Å². The summed E-state index contributed by atoms with van der Waals surface area (Å²) in [5.74, 6) is -0.522. The van der Waals surface area contributed by atoms with Gasteiger partial charge in [-0.2, -0.15) is 0 Å². The first-order valence-corrected chi connectivity index (χ1v) is 4.78. The molecule has 88 valence electrons. The Labute approximate surface area is 92.2 Å². The van der Waals surface area contributed by atoms with Gasteiger partial charge in [0.2, 0.25) is 6.41 Å². The number of hydrogen-bond acceptors (Lipinski definition) is 5. The SMILES string of the molecule is CCOC(=O)C(NC=O)C(O)c1ccco1. The molecule has 0 aromatic carbocycles. The monoisotopic (exact) mass is 227 g/mol. The van der Waals surface area contributed by atoms with Crippen molar-refractivity contribution >= 4 is 12.4 Å². The number of amides is 1. The molecule has 0 saturated heterocycles. The van der Waals surface area contributed by atoms with Crippen LogP contribution in [0.2, 0.25) is 0 Å². The predicted molar refractivity (Wildman–Crippen MR) is 53.3 cm³/mol. The summed E-state index contributed by atoms with van der Waals surface area (Å²) < 4.78 is 9.65. The predicted octanol–water partition coefficient (Wildman–Crippen LogP) is -0.00930. The molecule has 2 atom stereocenters. The average molecular weight is 227 g/mol. The van der Waals surface area contributed by atoms with Crippen LogP contribution in [-0.2, 0) is 14.3 Å². The second kappa shape index (κ2) is 5.92. The molecular formula is C10H13NO5. The van der Waals surface area contributed by atoms with Gasteiger partial charge in [0, 0.05) is 0 Å². The second-order valence-electron chi connectivity index (χ2n) is 2.97. The smallest absolute Gasteiger partial charge is 0.331 e. The maximum Gasteiger partial charge on any atom is 0.331 e. The zero-order valence-electron chi connectivity index (χ0n) is 8.75. The highest BCUT2D eigenvalue weighted by atomic mass is 16.5. The minimum absolute atomic E-state index is 0.167. The van der Waals surface area contributed by atoms with E-state index in [9.17, 15) is 14.7 Å². The summed E-state index contributed by atoms with van der Waals surface area (Å²) in [5, 5.41) is 12.0. The van der Waals surface area contributed by atoms with E-state index >= 15 is 0 Å². The number of nitrogens with one attached hydrogen (secondary N) is 1. The molecule has 0 radical (unpaired) electrons. The lowest BCUT2D eigenvalue weighted by Crippen LogP contribution is -2.42. The second-order valence-corrected chi connectivity index (χ2v) is 2.97. The number of carbonyl (C=O) groups is 2. The maximum atomic E-state index is 11.4. The Morgan fingerprint density at radius 3 is 3.00 bits per heavy atom. The molecule has 0 aliphatic heterocycles. The van der Waals surface area contributed by atoms with Gasteiger partial charge < -0.3 is 19.6 Å². The molecule has 2 unspecified atom stereocenters. The molecule has 1 aromatic rings. The average Bonchev–Trinajstić information content (AvgIpc) is 2.78. The first kappa shape index (κ1) is 12.3. The number of aliphatic hydroxyl groups excluding tert-OH is 1. The highest BCUT2D eigenvalue weighted by Gasteiger charge is 2.30. The fraction of sp³-hybridized carbons (Fsp3) is 0.400. The summed E-state index contributed by atoms with van der Waals surface area (Å²) in [6.07, 6.45) is 0.425. The van der Waals surface area contributed by atoms with E-state index in [4.69, 9.17) is 9.15 Å². The topological polar surface area (TPSA) is 88.8 Å². The van der Waals surface area contributed by atoms with Crippen LogP contribution in [0.25, 0.3) is 0 Å². The maximum absolute atomic E-state index is 11.4. The van der Waals surface area contributed by atoms with Gasteiger partial charge in [-0.1, -0.05) is 0 Å². The molecule has 1 rings (SSSR count). The Balaban J connectivity index is 2.76. The van der Waals surface area contributed by atoms with Gasteiger partial charge in [-0.3, -0.25) is 4.79 Å². The van der Waals surface area contributed by atoms with Crippen LogP contribution in [0.3, 0.4) is 0 Å². The summed E-state index contributed by atoms with van der Waals surface area (Å²) in [6, 6.07) is 1.91. The van der Waals surface area contributed by atoms with Gasteiger partial charge in [0.05, 0.1) is 12.9 Å². The third-order valence-corrected chi connectivity index (χ3v) is 1.94. The van der Waals surface area contributed by atoms with Gasteiger partial charge in [-0.15, -0.1) is 0 Å². The van der Waals surface area contributed by atoms with Crippen LogP contribution < -0.4 is 5.32 Å². The Hall–Kier alpha value is -1.82. The molecular weight excluding hydrogens is 214 g/mol. The van der Waals surface area contributed by atoms with E-state index in [1.807, 2.05) is 0 Å². The number of ether oxygens (including phenoxy) is 1. The van der Waals surface area contributed by atoms with E-state index in [0.29, 0.717) is 6.41 Å². The molecule has 1 amide bonds. The summed E-state index contributed by atoms with van der Waals surface area (Å²) in [5.41, 5.74) is 0. The molecule has 1 heterocycles. The van der Waals surface area contributed by atoms with E-state index in [1.54, 1.807) is 13.0 Å². The first-order chi connectivity index (χ1) is 7.70. The molecule has 0 bridgehead atoms. The van der Waals surface area contributed by atoms with E-state index in [0.717, 1.165) is 0 Å². The fourth-order valence-corrected chi connectivity index (χ4v) is 1.22. The van der Waals surface area contributed by atoms with E-state index in [2.05, 4.69) is 5.32 Å². The highest BCUT2D eigenvalue weighted by molar-refractivity contribution is 5.79. The molecule has 2 N–H and O–H groups in total. The van der Waals surface area contributed by atoms with Crippen molar-refractivity contribution in [1.29, 1.82) is 0 Å². The summed E-state index contributed by atoms with van der Waals surface area (Å²) in [6.45, 7) is 1.80. The normalized spacial score (nSPS) is 13.9. The minimum Gasteiger partial charge on any atom is -0.466 e. The van der Waals surface area contributed by atoms with Crippen LogP contribution >= 0.6 is 0 Å². The molecule has 0 spiro atoms. The highest BCUT2D eigenvalue weighted by Crippen LogP contribution is 2.17. The van der Waals surface area contributed by atoms with Gasteiger partial charge >= 0.3 is 5.97 Å². The number of furan rings is 1. The molecule has 16 heavy (non-hydrogen) atoms. The van der Waals surface area contributed by atoms with E-state index in [-0.39, 0.29) is 12.4 Å². The van der Waals surface area contributed by atoms with Gasteiger partial charge in [-0.05, 0) is 19.1 Å². The van der Waals surface area contributed by atoms with E-state index < -0.39 is 18.1 Å². The number of esters is 1. The van der Waals surface area contributed by atoms with Gasteiger partial charge in [0.15, 0.2) is 6.04 Å². The van der Waals surface area contributed by atoms with Crippen molar-refractivity contribution < 1.29 is 23.8 Å². The van der Waals surface area contributed by atoms with Gasteiger partial charge in [0.1, 0.15) is 11.9 Å². The van der Waals surface area contributed by atoms with Crippen molar-refractivity contribution in [2.24, 2.45) is 0 Å². The lowest BCUT2D eigenvalue weighted by Gasteiger charge is -2.18. The number of carbonyl (C=O) groups excluding carboxylic acids is 2. The van der Waals surface area contributed by atoms with Crippen molar-refractivity contribution in [1.82, 2.24) is 5.32 Å². The first-order valence-electron chi connectivity index (χ1n) is 4.78. The third kappa shape index (κ3) is 2.83. The molecule has 1 aromatic heterocycles. The van der Waals surface area contributed by atoms with Crippen LogP contribution in [0.15, 0.2) is 22.8 Å². The Morgan fingerprint density at radius 2 is 2.50 bits per heavy atom. The third-order valence-electron chi connectivity index (χ3n) is 1.94. The number of aliphatic hydroxyl groups is 1. The standard InChI is InChI=1S/C10H13NO5/c1-2-15-10(14)8(11-6-12)9(13)7-4-3-5-16-7/h3-6,8-9,13H,2H2,1H3,(H,11,12). The van der Waals surface area contributed by atoms with Crippen LogP contribution in [0, 0.1) is 0 Å². The Kier molecular flexibility index (Phi) is 4.53. The lowest BCUT2D eigenvalue weighted by atomic mass is 10.1. The number of hydrogen-bond donors (Lipinski definition) is 2. The van der Waals surface area contributed by atoms with Crippen LogP contribution in [0.5, 0.6) is 0 Å². The fourth-order valence-electron chi connectivity index (χ4n) is 1.22. The quantitative estimate of drug-likeness (QED) is 0.527.